The Morgan fingerprint density at radius 2 is 1.69 bits per heavy atom. The van der Waals surface area contributed by atoms with E-state index in [1.54, 1.807) is 0 Å². The van der Waals surface area contributed by atoms with Crippen LogP contribution in [0.15, 0.2) is 16.9 Å². The summed E-state index contributed by atoms with van der Waals surface area (Å²) in [5.41, 5.74) is 1.27. The number of anilines is 1. The van der Waals surface area contributed by atoms with Gasteiger partial charge in [0.2, 0.25) is 10.0 Å². The molecule has 39 heavy (non-hydrogen) atoms. The highest BCUT2D eigenvalue weighted by Gasteiger charge is 2.33. The molecule has 15 heteroatoms. The van der Waals surface area contributed by atoms with Crippen LogP contribution in [0.4, 0.5) is 6.01 Å². The number of sulfonamides is 1. The van der Waals surface area contributed by atoms with E-state index in [2.05, 4.69) is 29.2 Å². The zero-order valence-corrected chi connectivity index (χ0v) is 25.4. The van der Waals surface area contributed by atoms with Crippen LogP contribution in [0.2, 0.25) is 0 Å². The highest BCUT2D eigenvalue weighted by molar-refractivity contribution is 7.89. The Labute approximate surface area is 231 Å². The molecule has 1 aliphatic heterocycles. The van der Waals surface area contributed by atoms with Crippen LogP contribution < -0.4 is 10.0 Å². The lowest BCUT2D eigenvalue weighted by molar-refractivity contribution is 0.0974. The van der Waals surface area contributed by atoms with Gasteiger partial charge in [-0.15, -0.1) is 0 Å². The topological polar surface area (TPSA) is 160 Å². The maximum atomic E-state index is 12.9. The fourth-order valence-corrected chi connectivity index (χ4v) is 7.42. The molecule has 0 radical (unpaired) electrons. The van der Waals surface area contributed by atoms with Crippen LogP contribution in [-0.2, 0) is 26.8 Å². The first-order valence-corrected chi connectivity index (χ1v) is 16.1. The van der Waals surface area contributed by atoms with Gasteiger partial charge in [-0.25, -0.2) is 17.4 Å². The molecule has 0 bridgehead atoms. The largest absolute Gasteiger partial charge is 0.431 e. The maximum absolute atomic E-state index is 12.9. The van der Waals surface area contributed by atoms with E-state index in [0.717, 1.165) is 21.8 Å². The Bertz CT molecular complexity index is 1360. The van der Waals surface area contributed by atoms with Crippen LogP contribution >= 0.6 is 0 Å². The van der Waals surface area contributed by atoms with Crippen molar-refractivity contribution >= 4 is 32.2 Å². The molecule has 0 unspecified atom stereocenters. The molecule has 2 N–H and O–H groups in total. The second kappa shape index (κ2) is 11.9. The maximum Gasteiger partial charge on any atom is 0.304 e. The van der Waals surface area contributed by atoms with Crippen LogP contribution in [0.25, 0.3) is 0 Å². The van der Waals surface area contributed by atoms with Gasteiger partial charge in [0.1, 0.15) is 6.26 Å². The lowest BCUT2D eigenvalue weighted by Gasteiger charge is -2.25. The smallest absolute Gasteiger partial charge is 0.304 e. The molecule has 3 rings (SSSR count). The third-order valence-corrected chi connectivity index (χ3v) is 9.94. The number of aromatic nitrogens is 3. The average molecular weight is 588 g/mol. The van der Waals surface area contributed by atoms with Gasteiger partial charge < -0.3 is 9.73 Å². The predicted octanol–water partition coefficient (Wildman–Crippen LogP) is 2.55. The molecule has 220 valence electrons. The van der Waals surface area contributed by atoms with Crippen molar-refractivity contribution in [1.29, 1.82) is 0 Å². The van der Waals surface area contributed by atoms with E-state index in [1.807, 2.05) is 50.2 Å². The predicted molar refractivity (Wildman–Crippen MR) is 148 cm³/mol. The molecule has 1 aliphatic rings. The minimum absolute atomic E-state index is 0.0112. The number of oxazole rings is 1. The Morgan fingerprint density at radius 1 is 1.05 bits per heavy atom. The summed E-state index contributed by atoms with van der Waals surface area (Å²) < 4.78 is 63.0. The highest BCUT2D eigenvalue weighted by atomic mass is 32.2. The quantitative estimate of drug-likeness (QED) is 0.426. The summed E-state index contributed by atoms with van der Waals surface area (Å²) in [5, 5.41) is 7.65. The summed E-state index contributed by atoms with van der Waals surface area (Å²) in [5.74, 6) is -0.767. The van der Waals surface area contributed by atoms with Gasteiger partial charge in [-0.1, -0.05) is 34.6 Å². The number of nitrogens with one attached hydrogen (secondary N) is 2. The molecule has 0 spiro atoms. The van der Waals surface area contributed by atoms with Gasteiger partial charge in [-0.05, 0) is 31.6 Å². The average Bonchev–Trinajstić information content (AvgIpc) is 3.36. The first-order valence-electron chi connectivity index (χ1n) is 13.1. The molecule has 0 saturated carbocycles. The molecular formula is C24H41N7O6S2. The van der Waals surface area contributed by atoms with E-state index in [0.29, 0.717) is 13.0 Å². The lowest BCUT2D eigenvalue weighted by Crippen LogP contribution is -2.45. The van der Waals surface area contributed by atoms with E-state index < -0.39 is 31.6 Å². The van der Waals surface area contributed by atoms with Gasteiger partial charge in [0.05, 0.1) is 11.4 Å². The van der Waals surface area contributed by atoms with E-state index in [9.17, 15) is 21.6 Å². The monoisotopic (exact) mass is 587 g/mol. The number of nitrogens with zero attached hydrogens (tertiary/aromatic N) is 5. The van der Waals surface area contributed by atoms with Gasteiger partial charge in [-0.2, -0.15) is 22.8 Å². The second-order valence-electron chi connectivity index (χ2n) is 11.6. The number of hydrogen-bond donors (Lipinski definition) is 2. The van der Waals surface area contributed by atoms with Gasteiger partial charge in [0, 0.05) is 50.5 Å². The fraction of sp³-hybridized carbons (Fsp3) is 0.708. The zero-order valence-electron chi connectivity index (χ0n) is 23.8. The van der Waals surface area contributed by atoms with Crippen LogP contribution in [0.5, 0.6) is 0 Å². The normalized spacial score (nSPS) is 16.5. The lowest BCUT2D eigenvalue weighted by atomic mass is 10.0. The van der Waals surface area contributed by atoms with Crippen LogP contribution in [0, 0.1) is 5.41 Å². The van der Waals surface area contributed by atoms with E-state index in [4.69, 9.17) is 4.42 Å². The molecule has 2 aromatic heterocycles. The molecule has 0 aliphatic carbocycles. The number of hydrogen-bond acceptors (Lipinski definition) is 9. The van der Waals surface area contributed by atoms with E-state index in [-0.39, 0.29) is 55.6 Å². The summed E-state index contributed by atoms with van der Waals surface area (Å²) in [7, 11) is -7.77. The van der Waals surface area contributed by atoms with E-state index >= 15 is 0 Å². The second-order valence-corrected chi connectivity index (χ2v) is 15.2. The molecule has 0 atom stereocenters. The fourth-order valence-electron chi connectivity index (χ4n) is 4.22. The molecule has 1 fully saturated rings. The summed E-state index contributed by atoms with van der Waals surface area (Å²) in [6.07, 6.45) is 3.34. The molecule has 1 amide bonds. The van der Waals surface area contributed by atoms with Crippen molar-refractivity contribution in [3.8, 4) is 0 Å². The standard InChI is InChI=1S/C24H41N7O6S2/c1-17(2)21-19(14-31(27-21)18(3)4)13-25-23-26-20(15-37-23)22(32)28-39(35,36)30-10-8-9-29(11-12-30)38(33,34)16-24(5,6)7/h14-15,17-18H,8-13,16H2,1-7H3,(H,25,26)(H,28,32). The molecule has 1 saturated heterocycles. The van der Waals surface area contributed by atoms with Crippen molar-refractivity contribution in [3.63, 3.8) is 0 Å². The SMILES string of the molecule is CC(C)c1nn(C(C)C)cc1CNc1nc(C(=O)NS(=O)(=O)N2CCCN(S(=O)(=O)CC(C)(C)C)CC2)co1. The number of carbonyl (C=O) groups excluding carboxylic acids is 1. The number of rotatable bonds is 10. The van der Waals surface area contributed by atoms with Crippen molar-refractivity contribution in [2.45, 2.75) is 73.4 Å². The van der Waals surface area contributed by atoms with Crippen LogP contribution in [0.3, 0.4) is 0 Å². The zero-order chi connectivity index (χ0) is 29.2. The Balaban J connectivity index is 1.61. The van der Waals surface area contributed by atoms with Crippen molar-refractivity contribution < 1.29 is 26.0 Å². The number of amides is 1. The van der Waals surface area contributed by atoms with Crippen LogP contribution in [-0.4, -0.2) is 78.0 Å². The summed E-state index contributed by atoms with van der Waals surface area (Å²) in [6, 6.07) is 0.273. The minimum Gasteiger partial charge on any atom is -0.431 e. The first kappa shape index (κ1) is 31.0. The van der Waals surface area contributed by atoms with Gasteiger partial charge in [-0.3, -0.25) is 9.48 Å². The van der Waals surface area contributed by atoms with E-state index in [1.165, 1.54) is 4.31 Å². The third kappa shape index (κ3) is 8.25. The van der Waals surface area contributed by atoms with Crippen molar-refractivity contribution in [1.82, 2.24) is 28.1 Å². The van der Waals surface area contributed by atoms with Gasteiger partial charge in [0.25, 0.3) is 11.9 Å². The third-order valence-electron chi connectivity index (χ3n) is 6.07. The Hall–Kier alpha value is -2.49. The van der Waals surface area contributed by atoms with Crippen molar-refractivity contribution in [3.05, 3.63) is 29.4 Å². The minimum atomic E-state index is -4.23. The number of carbonyl (C=O) groups is 1. The molecule has 0 aromatic carbocycles. The summed E-state index contributed by atoms with van der Waals surface area (Å²) >= 11 is 0. The first-order chi connectivity index (χ1) is 18.0. The molecular weight excluding hydrogens is 546 g/mol. The molecule has 3 heterocycles. The molecule has 13 nitrogen and oxygen atoms in total. The highest BCUT2D eigenvalue weighted by Crippen LogP contribution is 2.22. The van der Waals surface area contributed by atoms with Crippen LogP contribution in [0.1, 0.15) is 88.6 Å². The van der Waals surface area contributed by atoms with Crippen molar-refractivity contribution in [2.75, 3.05) is 37.2 Å². The van der Waals surface area contributed by atoms with Gasteiger partial charge in [0.15, 0.2) is 5.69 Å². The van der Waals surface area contributed by atoms with Crippen molar-refractivity contribution in [2.24, 2.45) is 5.41 Å². The summed E-state index contributed by atoms with van der Waals surface area (Å²) in [4.78, 5) is 16.8. The Kier molecular flexibility index (Phi) is 9.51. The van der Waals surface area contributed by atoms with Gasteiger partial charge >= 0.3 is 10.2 Å². The molecule has 2 aromatic rings. The summed E-state index contributed by atoms with van der Waals surface area (Å²) in [6.45, 7) is 14.3. The Morgan fingerprint density at radius 3 is 2.31 bits per heavy atom.